The highest BCUT2D eigenvalue weighted by Gasteiger charge is 2.44. The van der Waals surface area contributed by atoms with Crippen molar-refractivity contribution >= 4 is 0 Å². The summed E-state index contributed by atoms with van der Waals surface area (Å²) in [4.78, 5) is 0. The molecule has 0 aliphatic heterocycles. The highest BCUT2D eigenvalue weighted by Crippen LogP contribution is 2.58. The standard InChI is InChI=1S/C11H10/c1-7-3-2-4-9-10-6-5-8(7)11(9)10/h2-4,10H,1,5-6H2. The molecule has 3 aliphatic rings. The topological polar surface area (TPSA) is 0 Å². The zero-order valence-corrected chi connectivity index (χ0v) is 6.43. The molecule has 1 unspecified atom stereocenters. The molecule has 0 heteroatoms. The lowest BCUT2D eigenvalue weighted by Gasteiger charge is -1.99. The van der Waals surface area contributed by atoms with E-state index in [1.54, 1.807) is 11.1 Å². The number of allylic oxidation sites excluding steroid dienone is 7. The zero-order valence-electron chi connectivity index (χ0n) is 6.43. The normalized spacial score (nSPS) is 31.8. The third kappa shape index (κ3) is 0.555. The first-order valence-corrected chi connectivity index (χ1v) is 4.19. The summed E-state index contributed by atoms with van der Waals surface area (Å²) < 4.78 is 0. The summed E-state index contributed by atoms with van der Waals surface area (Å²) in [7, 11) is 0. The molecule has 1 atom stereocenters. The molecule has 0 saturated heterocycles. The van der Waals surface area contributed by atoms with Crippen molar-refractivity contribution in [3.8, 4) is 0 Å². The van der Waals surface area contributed by atoms with Gasteiger partial charge in [-0.25, -0.2) is 0 Å². The monoisotopic (exact) mass is 142 g/mol. The summed E-state index contributed by atoms with van der Waals surface area (Å²) in [5.41, 5.74) is 5.99. The van der Waals surface area contributed by atoms with Gasteiger partial charge in [-0.15, -0.1) is 0 Å². The SMILES string of the molecule is C=C1C=CC=C2C3=C1CCC23. The molecule has 0 bridgehead atoms. The molecule has 3 aliphatic carbocycles. The zero-order chi connectivity index (χ0) is 7.42. The van der Waals surface area contributed by atoms with Crippen molar-refractivity contribution in [2.24, 2.45) is 5.92 Å². The maximum absolute atomic E-state index is 4.05. The van der Waals surface area contributed by atoms with Crippen LogP contribution in [-0.2, 0) is 0 Å². The first-order chi connectivity index (χ1) is 5.38. The second-order valence-electron chi connectivity index (χ2n) is 3.49. The summed E-state index contributed by atoms with van der Waals surface area (Å²) in [5.74, 6) is 0.840. The van der Waals surface area contributed by atoms with E-state index in [9.17, 15) is 0 Å². The van der Waals surface area contributed by atoms with Crippen LogP contribution < -0.4 is 0 Å². The third-order valence-corrected chi connectivity index (χ3v) is 2.92. The van der Waals surface area contributed by atoms with Crippen LogP contribution in [-0.4, -0.2) is 0 Å². The van der Waals surface area contributed by atoms with Crippen molar-refractivity contribution < 1.29 is 0 Å². The Balaban J connectivity index is 2.25. The molecule has 0 heterocycles. The Morgan fingerprint density at radius 3 is 3.27 bits per heavy atom. The highest BCUT2D eigenvalue weighted by atomic mass is 14.5. The Labute approximate surface area is 66.6 Å². The molecule has 54 valence electrons. The first-order valence-electron chi connectivity index (χ1n) is 4.19. The maximum atomic E-state index is 4.05. The van der Waals surface area contributed by atoms with E-state index in [1.165, 1.54) is 24.0 Å². The van der Waals surface area contributed by atoms with Crippen molar-refractivity contribution in [3.05, 3.63) is 47.1 Å². The molecule has 0 nitrogen and oxygen atoms in total. The number of hydrogen-bond acceptors (Lipinski definition) is 0. The molecular weight excluding hydrogens is 132 g/mol. The van der Waals surface area contributed by atoms with E-state index in [2.05, 4.69) is 24.8 Å². The predicted molar refractivity (Wildman–Crippen MR) is 46.1 cm³/mol. The Bertz CT molecular complexity index is 337. The molecule has 0 N–H and O–H groups in total. The van der Waals surface area contributed by atoms with Crippen LogP contribution in [0.3, 0.4) is 0 Å². The van der Waals surface area contributed by atoms with E-state index in [1.807, 2.05) is 0 Å². The van der Waals surface area contributed by atoms with Crippen LogP contribution in [0.5, 0.6) is 0 Å². The molecule has 0 aromatic heterocycles. The molecule has 3 rings (SSSR count). The Kier molecular flexibility index (Phi) is 0.803. The van der Waals surface area contributed by atoms with Gasteiger partial charge in [-0.1, -0.05) is 24.8 Å². The van der Waals surface area contributed by atoms with Crippen molar-refractivity contribution in [1.82, 2.24) is 0 Å². The van der Waals surface area contributed by atoms with Gasteiger partial charge in [-0.3, -0.25) is 0 Å². The van der Waals surface area contributed by atoms with E-state index in [0.29, 0.717) is 0 Å². The van der Waals surface area contributed by atoms with Gasteiger partial charge in [-0.05, 0) is 35.1 Å². The molecule has 1 fully saturated rings. The quantitative estimate of drug-likeness (QED) is 0.488. The Hall–Kier alpha value is -1.04. The Morgan fingerprint density at radius 2 is 2.36 bits per heavy atom. The van der Waals surface area contributed by atoms with E-state index in [0.717, 1.165) is 5.92 Å². The second-order valence-corrected chi connectivity index (χ2v) is 3.49. The van der Waals surface area contributed by atoms with Crippen LogP contribution in [0.2, 0.25) is 0 Å². The third-order valence-electron chi connectivity index (χ3n) is 2.92. The van der Waals surface area contributed by atoms with Crippen LogP contribution in [0, 0.1) is 5.92 Å². The number of hydrogen-bond donors (Lipinski definition) is 0. The second kappa shape index (κ2) is 1.58. The minimum atomic E-state index is 0.840. The first kappa shape index (κ1) is 5.59. The summed E-state index contributed by atoms with van der Waals surface area (Å²) in [6.45, 7) is 4.05. The van der Waals surface area contributed by atoms with Gasteiger partial charge in [0.05, 0.1) is 0 Å². The molecular formula is C11H10. The molecule has 0 amide bonds. The predicted octanol–water partition coefficient (Wildman–Crippen LogP) is 2.76. The largest absolute Gasteiger partial charge is 0.0915 e. The summed E-state index contributed by atoms with van der Waals surface area (Å²) >= 11 is 0. The molecule has 11 heavy (non-hydrogen) atoms. The van der Waals surface area contributed by atoms with E-state index in [-0.39, 0.29) is 0 Å². The highest BCUT2D eigenvalue weighted by molar-refractivity contribution is 5.68. The number of rotatable bonds is 0. The molecule has 0 radical (unpaired) electrons. The van der Waals surface area contributed by atoms with Gasteiger partial charge in [0.15, 0.2) is 0 Å². The van der Waals surface area contributed by atoms with Gasteiger partial charge in [0.25, 0.3) is 0 Å². The average molecular weight is 142 g/mol. The van der Waals surface area contributed by atoms with Crippen molar-refractivity contribution in [2.45, 2.75) is 12.8 Å². The Morgan fingerprint density at radius 1 is 1.45 bits per heavy atom. The van der Waals surface area contributed by atoms with Crippen LogP contribution >= 0.6 is 0 Å². The van der Waals surface area contributed by atoms with Gasteiger partial charge in [0, 0.05) is 5.92 Å². The lowest BCUT2D eigenvalue weighted by Crippen LogP contribution is -1.81. The summed E-state index contributed by atoms with van der Waals surface area (Å²) in [5, 5.41) is 0. The molecule has 0 aromatic carbocycles. The fraction of sp³-hybridized carbons (Fsp3) is 0.273. The number of fused-ring (bicyclic) bond motifs is 1. The molecule has 1 saturated carbocycles. The van der Waals surface area contributed by atoms with Crippen LogP contribution in [0.15, 0.2) is 47.1 Å². The average Bonchev–Trinajstić information content (AvgIpc) is 2.55. The van der Waals surface area contributed by atoms with E-state index < -0.39 is 0 Å². The molecule has 0 aromatic rings. The minimum Gasteiger partial charge on any atom is -0.0915 e. The van der Waals surface area contributed by atoms with Gasteiger partial charge >= 0.3 is 0 Å². The van der Waals surface area contributed by atoms with Crippen LogP contribution in [0.4, 0.5) is 0 Å². The lowest BCUT2D eigenvalue weighted by molar-refractivity contribution is 0.826. The van der Waals surface area contributed by atoms with Crippen molar-refractivity contribution in [2.75, 3.05) is 0 Å². The minimum absolute atomic E-state index is 0.840. The van der Waals surface area contributed by atoms with Crippen molar-refractivity contribution in [1.29, 1.82) is 0 Å². The fourth-order valence-corrected chi connectivity index (χ4v) is 2.30. The van der Waals surface area contributed by atoms with Gasteiger partial charge < -0.3 is 0 Å². The maximum Gasteiger partial charge on any atom is 0.0101 e. The van der Waals surface area contributed by atoms with E-state index in [4.69, 9.17) is 0 Å². The smallest absolute Gasteiger partial charge is 0.0101 e. The lowest BCUT2D eigenvalue weighted by atomic mass is 10.1. The summed E-state index contributed by atoms with van der Waals surface area (Å²) in [6.07, 6.45) is 9.12. The van der Waals surface area contributed by atoms with Crippen molar-refractivity contribution in [3.63, 3.8) is 0 Å². The van der Waals surface area contributed by atoms with Gasteiger partial charge in [0.2, 0.25) is 0 Å². The summed E-state index contributed by atoms with van der Waals surface area (Å²) in [6, 6.07) is 0. The van der Waals surface area contributed by atoms with Gasteiger partial charge in [0.1, 0.15) is 0 Å². The van der Waals surface area contributed by atoms with Crippen LogP contribution in [0.1, 0.15) is 12.8 Å². The fourth-order valence-electron chi connectivity index (χ4n) is 2.30. The molecule has 0 spiro atoms. The van der Waals surface area contributed by atoms with Crippen LogP contribution in [0.25, 0.3) is 0 Å². The van der Waals surface area contributed by atoms with E-state index >= 15 is 0 Å². The van der Waals surface area contributed by atoms with Gasteiger partial charge in [-0.2, -0.15) is 0 Å².